The van der Waals surface area contributed by atoms with Gasteiger partial charge in [0.15, 0.2) is 0 Å². The van der Waals surface area contributed by atoms with Crippen LogP contribution in [0.3, 0.4) is 0 Å². The predicted molar refractivity (Wildman–Crippen MR) is 113 cm³/mol. The van der Waals surface area contributed by atoms with Crippen molar-refractivity contribution in [2.24, 2.45) is 0 Å². The van der Waals surface area contributed by atoms with Gasteiger partial charge in [0.25, 0.3) is 5.91 Å². The molecule has 0 bridgehead atoms. The van der Waals surface area contributed by atoms with E-state index in [2.05, 4.69) is 5.32 Å². The van der Waals surface area contributed by atoms with Crippen molar-refractivity contribution in [2.75, 3.05) is 25.4 Å². The maximum atomic E-state index is 12.8. The maximum Gasteiger partial charge on any atom is 0.251 e. The number of sulfonamides is 1. The van der Waals surface area contributed by atoms with Crippen molar-refractivity contribution in [3.63, 3.8) is 0 Å². The van der Waals surface area contributed by atoms with Gasteiger partial charge in [0.1, 0.15) is 0 Å². The van der Waals surface area contributed by atoms with Crippen molar-refractivity contribution in [3.05, 3.63) is 60.2 Å². The summed E-state index contributed by atoms with van der Waals surface area (Å²) in [7, 11) is -3.48. The lowest BCUT2D eigenvalue weighted by atomic mass is 10.2. The lowest BCUT2D eigenvalue weighted by molar-refractivity contribution is 0.0956. The lowest BCUT2D eigenvalue weighted by Gasteiger charge is -2.20. The van der Waals surface area contributed by atoms with Gasteiger partial charge in [0.05, 0.1) is 4.90 Å². The molecule has 1 aliphatic rings. The second kappa shape index (κ2) is 10.1. The average Bonchev–Trinajstić information content (AvgIpc) is 3.02. The van der Waals surface area contributed by atoms with Crippen LogP contribution in [0.15, 0.2) is 64.4 Å². The molecule has 2 aromatic carbocycles. The summed E-state index contributed by atoms with van der Waals surface area (Å²) in [6.07, 6.45) is 3.96. The van der Waals surface area contributed by atoms with Gasteiger partial charge in [-0.2, -0.15) is 4.31 Å². The van der Waals surface area contributed by atoms with E-state index in [1.807, 2.05) is 30.3 Å². The van der Waals surface area contributed by atoms with Crippen molar-refractivity contribution >= 4 is 27.7 Å². The van der Waals surface area contributed by atoms with Gasteiger partial charge in [-0.25, -0.2) is 8.42 Å². The molecule has 0 spiro atoms. The Hall–Kier alpha value is -1.83. The summed E-state index contributed by atoms with van der Waals surface area (Å²) in [5.74, 6) is 0.587. The van der Waals surface area contributed by atoms with Crippen LogP contribution in [0, 0.1) is 0 Å². The molecule has 150 valence electrons. The number of rotatable bonds is 7. The van der Waals surface area contributed by atoms with Crippen LogP contribution < -0.4 is 5.32 Å². The molecule has 0 unspecified atom stereocenters. The Kier molecular flexibility index (Phi) is 7.53. The van der Waals surface area contributed by atoms with Gasteiger partial charge in [0.2, 0.25) is 10.0 Å². The molecule has 3 rings (SSSR count). The summed E-state index contributed by atoms with van der Waals surface area (Å²) in [6, 6.07) is 16.3. The molecule has 1 heterocycles. The number of nitrogens with zero attached hydrogens (tertiary/aromatic N) is 1. The molecule has 1 fully saturated rings. The highest BCUT2D eigenvalue weighted by molar-refractivity contribution is 7.99. The molecule has 1 N–H and O–H groups in total. The zero-order chi connectivity index (χ0) is 19.8. The minimum absolute atomic E-state index is 0.188. The molecule has 1 saturated heterocycles. The van der Waals surface area contributed by atoms with Gasteiger partial charge in [-0.3, -0.25) is 4.79 Å². The molecular formula is C21H26N2O3S2. The highest BCUT2D eigenvalue weighted by Gasteiger charge is 2.25. The molecule has 1 amide bonds. The molecule has 0 saturated carbocycles. The van der Waals surface area contributed by atoms with Crippen LogP contribution in [0.25, 0.3) is 0 Å². The fraction of sp³-hybridized carbons (Fsp3) is 0.381. The van der Waals surface area contributed by atoms with Crippen LogP contribution >= 0.6 is 11.8 Å². The van der Waals surface area contributed by atoms with E-state index < -0.39 is 10.0 Å². The van der Waals surface area contributed by atoms with Gasteiger partial charge in [-0.15, -0.1) is 11.8 Å². The van der Waals surface area contributed by atoms with E-state index in [0.717, 1.165) is 31.4 Å². The molecule has 28 heavy (non-hydrogen) atoms. The molecule has 1 aliphatic heterocycles. The topological polar surface area (TPSA) is 66.5 Å². The first kappa shape index (κ1) is 20.9. The predicted octanol–water partition coefficient (Wildman–Crippen LogP) is 3.77. The Balaban J connectivity index is 1.53. The number of thioether (sulfide) groups is 1. The van der Waals surface area contributed by atoms with E-state index in [9.17, 15) is 13.2 Å². The number of nitrogens with one attached hydrogen (secondary N) is 1. The third kappa shape index (κ3) is 5.59. The van der Waals surface area contributed by atoms with Crippen LogP contribution in [0.1, 0.15) is 36.0 Å². The smallest absolute Gasteiger partial charge is 0.251 e. The average molecular weight is 419 g/mol. The fourth-order valence-electron chi connectivity index (χ4n) is 3.16. The van der Waals surface area contributed by atoms with E-state index in [4.69, 9.17) is 0 Å². The summed E-state index contributed by atoms with van der Waals surface area (Å²) in [6.45, 7) is 1.69. The third-order valence-corrected chi connectivity index (χ3v) is 7.65. The zero-order valence-electron chi connectivity index (χ0n) is 15.8. The summed E-state index contributed by atoms with van der Waals surface area (Å²) in [5, 5.41) is 2.88. The number of hydrogen-bond acceptors (Lipinski definition) is 4. The summed E-state index contributed by atoms with van der Waals surface area (Å²) < 4.78 is 27.1. The summed E-state index contributed by atoms with van der Waals surface area (Å²) >= 11 is 1.68. The van der Waals surface area contributed by atoms with Crippen LogP contribution in [-0.4, -0.2) is 44.0 Å². The van der Waals surface area contributed by atoms with Crippen molar-refractivity contribution in [3.8, 4) is 0 Å². The molecule has 2 aromatic rings. The van der Waals surface area contributed by atoms with Crippen molar-refractivity contribution < 1.29 is 13.2 Å². The van der Waals surface area contributed by atoms with Crippen LogP contribution in [0.2, 0.25) is 0 Å². The Bertz CT molecular complexity index is 860. The zero-order valence-corrected chi connectivity index (χ0v) is 17.5. The molecular weight excluding hydrogens is 392 g/mol. The first-order valence-electron chi connectivity index (χ1n) is 9.64. The normalized spacial score (nSPS) is 15.7. The van der Waals surface area contributed by atoms with Gasteiger partial charge in [-0.1, -0.05) is 31.0 Å². The molecule has 0 aromatic heterocycles. The molecule has 5 nitrogen and oxygen atoms in total. The number of carbonyl (C=O) groups is 1. The SMILES string of the molecule is O=C(NCCSc1ccccc1)c1ccc(S(=O)(=O)N2CCCCCC2)cc1. The van der Waals surface area contributed by atoms with E-state index in [1.165, 1.54) is 17.0 Å². The van der Waals surface area contributed by atoms with Crippen molar-refractivity contribution in [1.29, 1.82) is 0 Å². The summed E-state index contributed by atoms with van der Waals surface area (Å²) in [4.78, 5) is 13.7. The Morgan fingerprint density at radius 2 is 1.57 bits per heavy atom. The van der Waals surface area contributed by atoms with E-state index in [0.29, 0.717) is 25.2 Å². The van der Waals surface area contributed by atoms with Gasteiger partial charge in [0, 0.05) is 35.8 Å². The summed E-state index contributed by atoms with van der Waals surface area (Å²) in [5.41, 5.74) is 0.472. The van der Waals surface area contributed by atoms with E-state index in [-0.39, 0.29) is 10.8 Å². The minimum Gasteiger partial charge on any atom is -0.351 e. The minimum atomic E-state index is -3.48. The Labute approximate surface area is 171 Å². The van der Waals surface area contributed by atoms with Crippen LogP contribution in [0.5, 0.6) is 0 Å². The number of benzene rings is 2. The van der Waals surface area contributed by atoms with E-state index in [1.54, 1.807) is 28.2 Å². The highest BCUT2D eigenvalue weighted by atomic mass is 32.2. The molecule has 0 radical (unpaired) electrons. The number of carbonyl (C=O) groups excluding carboxylic acids is 1. The second-order valence-electron chi connectivity index (χ2n) is 6.76. The monoisotopic (exact) mass is 418 g/mol. The lowest BCUT2D eigenvalue weighted by Crippen LogP contribution is -2.32. The molecule has 0 aliphatic carbocycles. The van der Waals surface area contributed by atoms with Gasteiger partial charge < -0.3 is 5.32 Å². The van der Waals surface area contributed by atoms with Crippen LogP contribution in [0.4, 0.5) is 0 Å². The van der Waals surface area contributed by atoms with Crippen LogP contribution in [-0.2, 0) is 10.0 Å². The Morgan fingerprint density at radius 3 is 2.21 bits per heavy atom. The number of amides is 1. The first-order chi connectivity index (χ1) is 13.6. The quantitative estimate of drug-likeness (QED) is 0.549. The third-order valence-electron chi connectivity index (χ3n) is 4.72. The van der Waals surface area contributed by atoms with Crippen molar-refractivity contribution in [2.45, 2.75) is 35.5 Å². The first-order valence-corrected chi connectivity index (χ1v) is 12.1. The van der Waals surface area contributed by atoms with Gasteiger partial charge >= 0.3 is 0 Å². The van der Waals surface area contributed by atoms with E-state index >= 15 is 0 Å². The largest absolute Gasteiger partial charge is 0.351 e. The molecule has 7 heteroatoms. The number of hydrogen-bond donors (Lipinski definition) is 1. The Morgan fingerprint density at radius 1 is 0.929 bits per heavy atom. The second-order valence-corrected chi connectivity index (χ2v) is 9.87. The van der Waals surface area contributed by atoms with Crippen molar-refractivity contribution in [1.82, 2.24) is 9.62 Å². The molecule has 0 atom stereocenters. The standard InChI is InChI=1S/C21H26N2O3S2/c24-21(22-14-17-27-19-8-4-3-5-9-19)18-10-12-20(13-11-18)28(25,26)23-15-6-1-2-7-16-23/h3-5,8-13H,1-2,6-7,14-17H2,(H,22,24). The highest BCUT2D eigenvalue weighted by Crippen LogP contribution is 2.21. The van der Waals surface area contributed by atoms with Gasteiger partial charge in [-0.05, 0) is 49.2 Å². The maximum absolute atomic E-state index is 12.8. The fourth-order valence-corrected chi connectivity index (χ4v) is 5.47.